The predicted octanol–water partition coefficient (Wildman–Crippen LogP) is 4.00. The van der Waals surface area contributed by atoms with Gasteiger partial charge >= 0.3 is 0 Å². The summed E-state index contributed by atoms with van der Waals surface area (Å²) in [6.07, 6.45) is 0.147. The van der Waals surface area contributed by atoms with Crippen LogP contribution in [-0.2, 0) is 9.59 Å². The number of thioether (sulfide) groups is 1. The molecule has 0 aliphatic carbocycles. The van der Waals surface area contributed by atoms with Gasteiger partial charge in [0.25, 0.3) is 0 Å². The zero-order chi connectivity index (χ0) is 16.6. The third-order valence-corrected chi connectivity index (χ3v) is 5.36. The lowest BCUT2D eigenvalue weighted by molar-refractivity contribution is -0.121. The van der Waals surface area contributed by atoms with Crippen molar-refractivity contribution in [1.29, 1.82) is 0 Å². The number of amides is 2. The fourth-order valence-electron chi connectivity index (χ4n) is 2.30. The van der Waals surface area contributed by atoms with Crippen LogP contribution in [0.25, 0.3) is 0 Å². The minimum atomic E-state index is -0.458. The van der Waals surface area contributed by atoms with Gasteiger partial charge in [0.05, 0.1) is 21.0 Å². The van der Waals surface area contributed by atoms with Crippen molar-refractivity contribution < 1.29 is 9.59 Å². The second kappa shape index (κ2) is 6.43. The maximum absolute atomic E-state index is 12.6. The summed E-state index contributed by atoms with van der Waals surface area (Å²) in [7, 11) is 0. The van der Waals surface area contributed by atoms with Gasteiger partial charge in [-0.15, -0.1) is 11.8 Å². The Kier molecular flexibility index (Phi) is 4.53. The summed E-state index contributed by atoms with van der Waals surface area (Å²) in [6, 6.07) is 11.9. The van der Waals surface area contributed by atoms with E-state index in [0.717, 1.165) is 9.80 Å². The number of anilines is 2. The van der Waals surface area contributed by atoms with Crippen LogP contribution in [0.15, 0.2) is 47.4 Å². The average Bonchev–Trinajstić information content (AvgIpc) is 2.79. The van der Waals surface area contributed by atoms with Gasteiger partial charge in [0.15, 0.2) is 0 Å². The SMILES string of the molecule is Nc1ccc(S[C@H]2CC(=O)N(c3ccc(Cl)c(Cl)c3)C2=O)cc1. The van der Waals surface area contributed by atoms with Crippen LogP contribution < -0.4 is 10.6 Å². The molecule has 1 aliphatic rings. The Morgan fingerprint density at radius 2 is 1.74 bits per heavy atom. The number of nitrogen functional groups attached to an aromatic ring is 1. The summed E-state index contributed by atoms with van der Waals surface area (Å²) in [5, 5.41) is 0.224. The second-order valence-corrected chi connectivity index (χ2v) is 7.14. The molecule has 1 heterocycles. The standard InChI is InChI=1S/C16H12Cl2N2O2S/c17-12-6-3-10(7-13(12)18)20-15(21)8-14(16(20)22)23-11-4-1-9(19)2-5-11/h1-7,14H,8,19H2/t14-/m0/s1. The van der Waals surface area contributed by atoms with Gasteiger partial charge in [0.2, 0.25) is 11.8 Å². The smallest absolute Gasteiger partial charge is 0.247 e. The van der Waals surface area contributed by atoms with Crippen LogP contribution in [0.2, 0.25) is 10.0 Å². The first-order valence-electron chi connectivity index (χ1n) is 6.80. The molecule has 7 heteroatoms. The van der Waals surface area contributed by atoms with Crippen molar-refractivity contribution in [2.75, 3.05) is 10.6 Å². The molecule has 2 N–H and O–H groups in total. The molecule has 0 spiro atoms. The molecule has 0 saturated carbocycles. The van der Waals surface area contributed by atoms with E-state index in [1.165, 1.54) is 17.8 Å². The number of nitrogens with two attached hydrogens (primary N) is 1. The van der Waals surface area contributed by atoms with E-state index in [2.05, 4.69) is 0 Å². The number of benzene rings is 2. The molecule has 2 aromatic carbocycles. The second-order valence-electron chi connectivity index (χ2n) is 5.05. The Hall–Kier alpha value is -1.69. The van der Waals surface area contributed by atoms with E-state index in [0.29, 0.717) is 21.4 Å². The van der Waals surface area contributed by atoms with Crippen LogP contribution in [0.4, 0.5) is 11.4 Å². The zero-order valence-corrected chi connectivity index (χ0v) is 14.2. The number of rotatable bonds is 3. The average molecular weight is 367 g/mol. The Balaban J connectivity index is 1.82. The van der Waals surface area contributed by atoms with Crippen molar-refractivity contribution in [3.8, 4) is 0 Å². The summed E-state index contributed by atoms with van der Waals surface area (Å²) < 4.78 is 0. The number of hydrogen-bond acceptors (Lipinski definition) is 4. The lowest BCUT2D eigenvalue weighted by atomic mass is 10.3. The monoisotopic (exact) mass is 366 g/mol. The Morgan fingerprint density at radius 1 is 1.04 bits per heavy atom. The van der Waals surface area contributed by atoms with E-state index in [-0.39, 0.29) is 18.2 Å². The fourth-order valence-corrected chi connectivity index (χ4v) is 3.65. The van der Waals surface area contributed by atoms with Crippen molar-refractivity contribution in [3.63, 3.8) is 0 Å². The molecular formula is C16H12Cl2N2O2S. The van der Waals surface area contributed by atoms with Gasteiger partial charge in [0, 0.05) is 17.0 Å². The number of hydrogen-bond donors (Lipinski definition) is 1. The third kappa shape index (κ3) is 3.32. The van der Waals surface area contributed by atoms with Gasteiger partial charge in [0.1, 0.15) is 0 Å². The minimum Gasteiger partial charge on any atom is -0.399 e. The normalized spacial score (nSPS) is 17.8. The van der Waals surface area contributed by atoms with Gasteiger partial charge in [-0.05, 0) is 42.5 Å². The zero-order valence-electron chi connectivity index (χ0n) is 11.8. The first-order chi connectivity index (χ1) is 11.0. The van der Waals surface area contributed by atoms with Crippen LogP contribution in [0.5, 0.6) is 0 Å². The van der Waals surface area contributed by atoms with E-state index in [9.17, 15) is 9.59 Å². The topological polar surface area (TPSA) is 63.4 Å². The van der Waals surface area contributed by atoms with Gasteiger partial charge in [-0.3, -0.25) is 9.59 Å². The summed E-state index contributed by atoms with van der Waals surface area (Å²) in [5.74, 6) is -0.503. The van der Waals surface area contributed by atoms with E-state index in [4.69, 9.17) is 28.9 Å². The Morgan fingerprint density at radius 3 is 2.39 bits per heavy atom. The van der Waals surface area contributed by atoms with Crippen molar-refractivity contribution >= 4 is 58.2 Å². The number of halogens is 2. The van der Waals surface area contributed by atoms with E-state index >= 15 is 0 Å². The minimum absolute atomic E-state index is 0.147. The Bertz CT molecular complexity index is 780. The Labute approximate surface area is 147 Å². The molecule has 0 bridgehead atoms. The number of carbonyl (C=O) groups is 2. The quantitative estimate of drug-likeness (QED) is 0.658. The lowest BCUT2D eigenvalue weighted by Crippen LogP contribution is -2.31. The van der Waals surface area contributed by atoms with E-state index in [1.54, 1.807) is 24.3 Å². The lowest BCUT2D eigenvalue weighted by Gasteiger charge is -2.15. The molecule has 1 atom stereocenters. The largest absolute Gasteiger partial charge is 0.399 e. The summed E-state index contributed by atoms with van der Waals surface area (Å²) >= 11 is 13.2. The van der Waals surface area contributed by atoms with Crippen LogP contribution in [0.1, 0.15) is 6.42 Å². The first kappa shape index (κ1) is 16.2. The maximum Gasteiger partial charge on any atom is 0.247 e. The molecule has 2 aromatic rings. The maximum atomic E-state index is 12.6. The molecule has 23 heavy (non-hydrogen) atoms. The van der Waals surface area contributed by atoms with Gasteiger partial charge in [-0.2, -0.15) is 0 Å². The highest BCUT2D eigenvalue weighted by molar-refractivity contribution is 8.00. The molecule has 1 aliphatic heterocycles. The molecule has 0 unspecified atom stereocenters. The van der Waals surface area contributed by atoms with E-state index in [1.807, 2.05) is 12.1 Å². The number of nitrogens with zero attached hydrogens (tertiary/aromatic N) is 1. The molecule has 0 radical (unpaired) electrons. The van der Waals surface area contributed by atoms with Crippen LogP contribution in [0, 0.1) is 0 Å². The van der Waals surface area contributed by atoms with Gasteiger partial charge in [-0.1, -0.05) is 23.2 Å². The van der Waals surface area contributed by atoms with Gasteiger partial charge in [-0.25, -0.2) is 4.90 Å². The first-order valence-corrected chi connectivity index (χ1v) is 8.43. The van der Waals surface area contributed by atoms with Crippen molar-refractivity contribution in [2.24, 2.45) is 0 Å². The molecule has 1 saturated heterocycles. The van der Waals surface area contributed by atoms with Gasteiger partial charge < -0.3 is 5.73 Å². The summed E-state index contributed by atoms with van der Waals surface area (Å²) in [5.41, 5.74) is 6.74. The summed E-state index contributed by atoms with van der Waals surface area (Å²) in [4.78, 5) is 26.9. The van der Waals surface area contributed by atoms with Crippen LogP contribution in [-0.4, -0.2) is 17.1 Å². The number of imide groups is 1. The molecular weight excluding hydrogens is 355 g/mol. The third-order valence-electron chi connectivity index (χ3n) is 3.43. The predicted molar refractivity (Wildman–Crippen MR) is 94.1 cm³/mol. The van der Waals surface area contributed by atoms with Crippen molar-refractivity contribution in [2.45, 2.75) is 16.6 Å². The molecule has 118 valence electrons. The molecule has 3 rings (SSSR count). The van der Waals surface area contributed by atoms with Crippen LogP contribution >= 0.6 is 35.0 Å². The van der Waals surface area contributed by atoms with Crippen molar-refractivity contribution in [1.82, 2.24) is 0 Å². The molecule has 1 fully saturated rings. The molecule has 4 nitrogen and oxygen atoms in total. The van der Waals surface area contributed by atoms with E-state index < -0.39 is 5.25 Å². The fraction of sp³-hybridized carbons (Fsp3) is 0.125. The number of carbonyl (C=O) groups excluding carboxylic acids is 2. The summed E-state index contributed by atoms with van der Waals surface area (Å²) in [6.45, 7) is 0. The van der Waals surface area contributed by atoms with Crippen LogP contribution in [0.3, 0.4) is 0 Å². The highest BCUT2D eigenvalue weighted by Gasteiger charge is 2.40. The highest BCUT2D eigenvalue weighted by atomic mass is 35.5. The highest BCUT2D eigenvalue weighted by Crippen LogP contribution is 2.36. The molecule has 2 amide bonds. The molecule has 0 aromatic heterocycles. The van der Waals surface area contributed by atoms with Crippen molar-refractivity contribution in [3.05, 3.63) is 52.5 Å².